The maximum absolute atomic E-state index is 13.0. The van der Waals surface area contributed by atoms with Crippen LogP contribution in [0.2, 0.25) is 0 Å². The van der Waals surface area contributed by atoms with Gasteiger partial charge in [-0.3, -0.25) is 4.79 Å². The van der Waals surface area contributed by atoms with E-state index >= 15 is 0 Å². The van der Waals surface area contributed by atoms with E-state index in [0.717, 1.165) is 60.1 Å². The van der Waals surface area contributed by atoms with Crippen LogP contribution >= 0.6 is 25.2 Å². The van der Waals surface area contributed by atoms with Crippen molar-refractivity contribution in [3.63, 3.8) is 0 Å². The highest BCUT2D eigenvalue weighted by Gasteiger charge is 2.27. The molecule has 0 bridgehead atoms. The zero-order chi connectivity index (χ0) is 23.9. The third-order valence-corrected chi connectivity index (χ3v) is 7.49. The minimum atomic E-state index is -0.0689. The second-order valence-corrected chi connectivity index (χ2v) is 10.4. The lowest BCUT2D eigenvalue weighted by Crippen LogP contribution is -2.21. The lowest BCUT2D eigenvalue weighted by Gasteiger charge is -2.26. The van der Waals surface area contributed by atoms with E-state index in [4.69, 9.17) is 9.97 Å². The van der Waals surface area contributed by atoms with Crippen molar-refractivity contribution < 1.29 is 4.79 Å². The van der Waals surface area contributed by atoms with Crippen molar-refractivity contribution in [1.82, 2.24) is 9.97 Å². The molecule has 1 amide bonds. The molecule has 1 atom stereocenters. The molecular formula is C28H33BrN3OP. The summed E-state index contributed by atoms with van der Waals surface area (Å²) in [4.78, 5) is 23.3. The molecule has 0 spiro atoms. The molecular weight excluding hydrogens is 505 g/mol. The molecule has 1 unspecified atom stereocenters. The average molecular weight is 538 g/mol. The lowest BCUT2D eigenvalue weighted by atomic mass is 9.85. The van der Waals surface area contributed by atoms with E-state index in [1.54, 1.807) is 6.08 Å². The smallest absolute Gasteiger partial charge is 0.229 e. The van der Waals surface area contributed by atoms with Gasteiger partial charge in [-0.2, -0.15) is 0 Å². The number of rotatable bonds is 7. The summed E-state index contributed by atoms with van der Waals surface area (Å²) < 4.78 is 0. The van der Waals surface area contributed by atoms with Crippen LogP contribution in [0.4, 0.5) is 5.82 Å². The van der Waals surface area contributed by atoms with Gasteiger partial charge >= 0.3 is 0 Å². The number of allylic oxidation sites excluding steroid dienone is 10. The lowest BCUT2D eigenvalue weighted by molar-refractivity contribution is -0.115. The fourth-order valence-electron chi connectivity index (χ4n) is 4.98. The molecule has 178 valence electrons. The van der Waals surface area contributed by atoms with E-state index in [9.17, 15) is 4.79 Å². The number of anilines is 1. The summed E-state index contributed by atoms with van der Waals surface area (Å²) in [6.07, 6.45) is 23.1. The first-order valence-corrected chi connectivity index (χ1v) is 13.9. The van der Waals surface area contributed by atoms with Crippen LogP contribution in [0.25, 0.3) is 5.57 Å². The van der Waals surface area contributed by atoms with Crippen LogP contribution in [0.15, 0.2) is 65.6 Å². The Labute approximate surface area is 213 Å². The van der Waals surface area contributed by atoms with Crippen molar-refractivity contribution in [2.24, 2.45) is 0 Å². The Morgan fingerprint density at radius 3 is 2.79 bits per heavy atom. The molecule has 0 radical (unpaired) electrons. The molecule has 4 rings (SSSR count). The molecule has 3 aliphatic rings. The van der Waals surface area contributed by atoms with Crippen LogP contribution in [-0.4, -0.2) is 21.2 Å². The quantitative estimate of drug-likeness (QED) is 0.225. The average Bonchev–Trinajstić information content (AvgIpc) is 3.04. The Bertz CT molecular complexity index is 1110. The molecule has 1 heterocycles. The summed E-state index contributed by atoms with van der Waals surface area (Å²) in [5.41, 5.74) is 6.52. The van der Waals surface area contributed by atoms with Crippen molar-refractivity contribution in [2.75, 3.05) is 10.6 Å². The van der Waals surface area contributed by atoms with Gasteiger partial charge in [0.15, 0.2) is 5.82 Å². The molecule has 1 aromatic heterocycles. The highest BCUT2D eigenvalue weighted by Crippen LogP contribution is 2.40. The van der Waals surface area contributed by atoms with Gasteiger partial charge in [0.05, 0.1) is 23.5 Å². The van der Waals surface area contributed by atoms with Crippen LogP contribution in [0.1, 0.15) is 74.4 Å². The Morgan fingerprint density at radius 2 is 2.03 bits per heavy atom. The number of carbonyl (C=O) groups is 1. The molecule has 4 nitrogen and oxygen atoms in total. The molecule has 6 heteroatoms. The first kappa shape index (κ1) is 25.0. The van der Waals surface area contributed by atoms with Gasteiger partial charge in [-0.05, 0) is 43.0 Å². The van der Waals surface area contributed by atoms with E-state index in [2.05, 4.69) is 55.3 Å². The highest BCUT2D eigenvalue weighted by atomic mass is 79.9. The number of amides is 1. The molecule has 34 heavy (non-hydrogen) atoms. The van der Waals surface area contributed by atoms with E-state index in [0.29, 0.717) is 11.7 Å². The summed E-state index contributed by atoms with van der Waals surface area (Å²) in [5, 5.41) is 5.08. The zero-order valence-electron chi connectivity index (χ0n) is 19.7. The predicted octanol–water partition coefficient (Wildman–Crippen LogP) is 7.34. The summed E-state index contributed by atoms with van der Waals surface area (Å²) in [6, 6.07) is 0. The topological polar surface area (TPSA) is 54.9 Å². The van der Waals surface area contributed by atoms with E-state index in [-0.39, 0.29) is 12.3 Å². The van der Waals surface area contributed by atoms with Crippen LogP contribution < -0.4 is 5.32 Å². The summed E-state index contributed by atoms with van der Waals surface area (Å²) in [6.45, 7) is 3.78. The second-order valence-electron chi connectivity index (χ2n) is 9.11. The van der Waals surface area contributed by atoms with Crippen LogP contribution in [0.5, 0.6) is 0 Å². The number of aryl methyl sites for hydroxylation is 1. The number of nitrogens with zero attached hydrogens (tertiary/aromatic N) is 2. The van der Waals surface area contributed by atoms with E-state index in [1.807, 2.05) is 18.2 Å². The Balaban J connectivity index is 1.67. The third-order valence-electron chi connectivity index (χ3n) is 6.69. The molecule has 1 fully saturated rings. The number of fused-ring (bicyclic) bond motifs is 2. The van der Waals surface area contributed by atoms with Crippen molar-refractivity contribution in [3.8, 4) is 0 Å². The fraction of sp³-hybridized carbons (Fsp3) is 0.393. The maximum Gasteiger partial charge on any atom is 0.229 e. The number of halogens is 1. The Morgan fingerprint density at radius 1 is 1.21 bits per heavy atom. The zero-order valence-corrected chi connectivity index (χ0v) is 22.4. The van der Waals surface area contributed by atoms with Gasteiger partial charge in [0.2, 0.25) is 5.91 Å². The minimum Gasteiger partial charge on any atom is -0.309 e. The van der Waals surface area contributed by atoms with Gasteiger partial charge in [-0.25, -0.2) is 9.97 Å². The monoisotopic (exact) mass is 537 g/mol. The molecule has 3 aliphatic carbocycles. The number of hydrogen-bond acceptors (Lipinski definition) is 3. The number of aromatic nitrogens is 2. The van der Waals surface area contributed by atoms with Crippen molar-refractivity contribution >= 4 is 42.5 Å². The van der Waals surface area contributed by atoms with Gasteiger partial charge < -0.3 is 5.32 Å². The first-order valence-electron chi connectivity index (χ1n) is 12.2. The van der Waals surface area contributed by atoms with Gasteiger partial charge in [0.1, 0.15) is 0 Å². The normalized spacial score (nSPS) is 18.9. The van der Waals surface area contributed by atoms with Crippen LogP contribution in [-0.2, 0) is 11.2 Å². The minimum absolute atomic E-state index is 0.0689. The summed E-state index contributed by atoms with van der Waals surface area (Å²) in [7, 11) is 2.80. The molecule has 0 aliphatic heterocycles. The first-order chi connectivity index (χ1) is 16.6. The Hall–Kier alpha value is -2.10. The Kier molecular flexibility index (Phi) is 8.86. The van der Waals surface area contributed by atoms with E-state index in [1.165, 1.54) is 35.7 Å². The number of nitrogens with one attached hydrogen (secondary N) is 1. The van der Waals surface area contributed by atoms with E-state index < -0.39 is 0 Å². The largest absolute Gasteiger partial charge is 0.309 e. The van der Waals surface area contributed by atoms with Crippen LogP contribution in [0, 0.1) is 0 Å². The van der Waals surface area contributed by atoms with Crippen molar-refractivity contribution in [3.05, 3.63) is 82.7 Å². The van der Waals surface area contributed by atoms with Crippen molar-refractivity contribution in [2.45, 2.75) is 63.7 Å². The maximum atomic E-state index is 13.0. The molecule has 1 saturated carbocycles. The molecule has 0 aromatic carbocycles. The number of carbonyl (C=O) groups excluding carboxylic acids is 1. The third kappa shape index (κ3) is 6.12. The summed E-state index contributed by atoms with van der Waals surface area (Å²) >= 11 is 3.40. The standard InChI is InChI=1S/C28H33BrN3OP/c1-2-7-19(8-6-17-29)18-25(33)31-28-26(21-9-4-3-5-10-21)32-27-23-15-14-22(34)13-11-20(23)12-16-24(27)30-28/h2,6-8,13-15,21H,1,3-5,9-12,16-18,34H2,(H,30,31,33)/b8-6-,19-7+. The molecule has 1 N–H and O–H groups in total. The fourth-order valence-corrected chi connectivity index (χ4v) is 5.38. The molecule has 1 aromatic rings. The number of alkyl halides is 1. The van der Waals surface area contributed by atoms with Gasteiger partial charge in [-0.1, -0.05) is 89.9 Å². The summed E-state index contributed by atoms with van der Waals surface area (Å²) in [5.74, 6) is 0.930. The predicted molar refractivity (Wildman–Crippen MR) is 149 cm³/mol. The second kappa shape index (κ2) is 12.0. The number of hydrogen-bond donors (Lipinski definition) is 1. The van der Waals surface area contributed by atoms with Gasteiger partial charge in [-0.15, -0.1) is 9.24 Å². The van der Waals surface area contributed by atoms with Crippen molar-refractivity contribution in [1.29, 1.82) is 0 Å². The highest BCUT2D eigenvalue weighted by molar-refractivity contribution is 9.09. The SMILES string of the molecule is C=C/C=C(\C=C/CBr)CC(=O)Nc1nc2c(nc1C1CCCCC1)C1=C(CC=C(P)C=C1)CC2. The van der Waals surface area contributed by atoms with Gasteiger partial charge in [0.25, 0.3) is 0 Å². The van der Waals surface area contributed by atoms with Crippen LogP contribution in [0.3, 0.4) is 0 Å². The van der Waals surface area contributed by atoms with Gasteiger partial charge in [0, 0.05) is 16.8 Å². The molecule has 0 saturated heterocycles.